The lowest BCUT2D eigenvalue weighted by Gasteiger charge is -2.07. The van der Waals surface area contributed by atoms with Crippen LogP contribution >= 0.6 is 0 Å². The first-order chi connectivity index (χ1) is 8.27. The molecular formula is C15H13N2+. The standard InChI is InChI=1S/C15H12N2/c16-15(17)14-9-10-5-1-2-6-11(10)12-7-3-4-8-13(12)14/h1-9H,(H3,16,17)/p+1. The van der Waals surface area contributed by atoms with Gasteiger partial charge in [0.05, 0.1) is 5.56 Å². The fourth-order valence-electron chi connectivity index (χ4n) is 2.29. The summed E-state index contributed by atoms with van der Waals surface area (Å²) in [4.78, 5) is 0. The molecule has 0 aromatic heterocycles. The Balaban J connectivity index is 2.59. The van der Waals surface area contributed by atoms with Crippen molar-refractivity contribution in [3.05, 3.63) is 60.2 Å². The molecule has 3 rings (SSSR count). The maximum absolute atomic E-state index is 5.77. The van der Waals surface area contributed by atoms with Gasteiger partial charge in [0.15, 0.2) is 0 Å². The van der Waals surface area contributed by atoms with Gasteiger partial charge in [-0.2, -0.15) is 0 Å². The number of hydrogen-bond acceptors (Lipinski definition) is 0. The van der Waals surface area contributed by atoms with Crippen molar-refractivity contribution in [3.8, 4) is 0 Å². The van der Waals surface area contributed by atoms with E-state index in [4.69, 9.17) is 11.1 Å². The number of amidine groups is 1. The molecule has 0 aliphatic heterocycles. The van der Waals surface area contributed by atoms with Crippen LogP contribution in [0.1, 0.15) is 5.56 Å². The van der Waals surface area contributed by atoms with Crippen LogP contribution in [0.25, 0.3) is 21.5 Å². The average Bonchev–Trinajstić information content (AvgIpc) is 2.37. The summed E-state index contributed by atoms with van der Waals surface area (Å²) in [5.74, 6) is 0.368. The number of fused-ring (bicyclic) bond motifs is 3. The Morgan fingerprint density at radius 1 is 0.824 bits per heavy atom. The number of rotatable bonds is 1. The summed E-state index contributed by atoms with van der Waals surface area (Å²) in [6, 6.07) is 18.5. The summed E-state index contributed by atoms with van der Waals surface area (Å²) < 4.78 is 0. The molecule has 0 unspecified atom stereocenters. The van der Waals surface area contributed by atoms with Crippen LogP contribution in [0.4, 0.5) is 0 Å². The zero-order valence-electron chi connectivity index (χ0n) is 9.35. The zero-order chi connectivity index (χ0) is 11.8. The van der Waals surface area contributed by atoms with Gasteiger partial charge < -0.3 is 0 Å². The number of nitrogens with two attached hydrogens (primary N) is 2. The van der Waals surface area contributed by atoms with Crippen molar-refractivity contribution in [1.82, 2.24) is 0 Å². The van der Waals surface area contributed by atoms with E-state index in [0.29, 0.717) is 5.84 Å². The largest absolute Gasteiger partial charge is 0.287 e. The van der Waals surface area contributed by atoms with Crippen LogP contribution in [0, 0.1) is 0 Å². The van der Waals surface area contributed by atoms with Crippen LogP contribution in [0.5, 0.6) is 0 Å². The number of hydrogen-bond donors (Lipinski definition) is 2. The van der Waals surface area contributed by atoms with Crippen molar-refractivity contribution < 1.29 is 5.41 Å². The van der Waals surface area contributed by atoms with Crippen molar-refractivity contribution in [1.29, 1.82) is 0 Å². The molecule has 3 aromatic rings. The highest BCUT2D eigenvalue weighted by atomic mass is 14.7. The van der Waals surface area contributed by atoms with Gasteiger partial charge in [-0.1, -0.05) is 48.5 Å². The molecule has 17 heavy (non-hydrogen) atoms. The molecule has 0 aliphatic carbocycles. The second kappa shape index (κ2) is 3.59. The minimum absolute atomic E-state index is 0.368. The highest BCUT2D eigenvalue weighted by Crippen LogP contribution is 2.27. The van der Waals surface area contributed by atoms with Gasteiger partial charge in [-0.15, -0.1) is 0 Å². The van der Waals surface area contributed by atoms with E-state index in [1.165, 1.54) is 10.8 Å². The Kier molecular flexibility index (Phi) is 2.08. The first-order valence-electron chi connectivity index (χ1n) is 5.56. The predicted molar refractivity (Wildman–Crippen MR) is 71.7 cm³/mol. The van der Waals surface area contributed by atoms with Crippen LogP contribution in [0.15, 0.2) is 54.6 Å². The van der Waals surface area contributed by atoms with Gasteiger partial charge in [-0.25, -0.2) is 0 Å². The van der Waals surface area contributed by atoms with E-state index in [1.54, 1.807) is 0 Å². The second-order valence-corrected chi connectivity index (χ2v) is 4.15. The van der Waals surface area contributed by atoms with E-state index in [0.717, 1.165) is 16.3 Å². The van der Waals surface area contributed by atoms with Gasteiger partial charge >= 0.3 is 0 Å². The third-order valence-electron chi connectivity index (χ3n) is 3.08. The lowest BCUT2D eigenvalue weighted by molar-refractivity contribution is -0.114. The van der Waals surface area contributed by atoms with Crippen LogP contribution in [-0.4, -0.2) is 5.84 Å². The van der Waals surface area contributed by atoms with Crippen molar-refractivity contribution in [2.75, 3.05) is 0 Å². The zero-order valence-corrected chi connectivity index (χ0v) is 9.35. The minimum Gasteiger partial charge on any atom is -0.287 e. The molecule has 3 aromatic carbocycles. The summed E-state index contributed by atoms with van der Waals surface area (Å²) in [6.07, 6.45) is 0. The summed E-state index contributed by atoms with van der Waals surface area (Å²) >= 11 is 0. The van der Waals surface area contributed by atoms with Crippen LogP contribution < -0.4 is 11.1 Å². The second-order valence-electron chi connectivity index (χ2n) is 4.15. The molecule has 0 saturated heterocycles. The Labute approximate surface area is 99.2 Å². The molecule has 0 amide bonds. The first kappa shape index (κ1) is 9.85. The highest BCUT2D eigenvalue weighted by Gasteiger charge is 2.10. The van der Waals surface area contributed by atoms with E-state index >= 15 is 0 Å². The third-order valence-corrected chi connectivity index (χ3v) is 3.08. The molecule has 2 heteroatoms. The highest BCUT2D eigenvalue weighted by molar-refractivity contribution is 6.16. The van der Waals surface area contributed by atoms with Gasteiger partial charge in [0.25, 0.3) is 5.84 Å². The molecule has 0 radical (unpaired) electrons. The molecule has 0 atom stereocenters. The molecule has 0 spiro atoms. The smallest absolute Gasteiger partial charge is 0.271 e. The fraction of sp³-hybridized carbons (Fsp3) is 0. The van der Waals surface area contributed by atoms with Crippen molar-refractivity contribution in [3.63, 3.8) is 0 Å². The van der Waals surface area contributed by atoms with Crippen molar-refractivity contribution in [2.24, 2.45) is 5.73 Å². The van der Waals surface area contributed by atoms with Gasteiger partial charge in [-0.3, -0.25) is 11.1 Å². The van der Waals surface area contributed by atoms with Crippen LogP contribution in [0.2, 0.25) is 0 Å². The molecule has 0 aliphatic rings. The molecule has 0 bridgehead atoms. The Bertz CT molecular complexity index is 729. The van der Waals surface area contributed by atoms with E-state index in [-0.39, 0.29) is 0 Å². The topological polar surface area (TPSA) is 51.6 Å². The number of benzene rings is 3. The molecule has 2 nitrogen and oxygen atoms in total. The molecule has 0 heterocycles. The van der Waals surface area contributed by atoms with Crippen LogP contribution in [0.3, 0.4) is 0 Å². The Hall–Kier alpha value is -2.35. The van der Waals surface area contributed by atoms with Gasteiger partial charge in [-0.05, 0) is 27.6 Å². The molecule has 0 saturated carbocycles. The summed E-state index contributed by atoms with van der Waals surface area (Å²) in [7, 11) is 0. The van der Waals surface area contributed by atoms with Crippen molar-refractivity contribution >= 4 is 27.4 Å². The monoisotopic (exact) mass is 221 g/mol. The van der Waals surface area contributed by atoms with E-state index in [9.17, 15) is 0 Å². The normalized spacial score (nSPS) is 10.8. The van der Waals surface area contributed by atoms with Crippen molar-refractivity contribution in [2.45, 2.75) is 0 Å². The Morgan fingerprint density at radius 2 is 1.41 bits per heavy atom. The Morgan fingerprint density at radius 3 is 2.12 bits per heavy atom. The van der Waals surface area contributed by atoms with Gasteiger partial charge in [0.2, 0.25) is 0 Å². The minimum atomic E-state index is 0.368. The molecule has 4 N–H and O–H groups in total. The van der Waals surface area contributed by atoms with E-state index in [1.807, 2.05) is 30.3 Å². The molecule has 0 fully saturated rings. The first-order valence-corrected chi connectivity index (χ1v) is 5.56. The average molecular weight is 221 g/mol. The fourth-order valence-corrected chi connectivity index (χ4v) is 2.29. The molecule has 82 valence electrons. The van der Waals surface area contributed by atoms with Crippen LogP contribution in [-0.2, 0) is 0 Å². The quantitative estimate of drug-likeness (QED) is 0.365. The van der Waals surface area contributed by atoms with E-state index in [2.05, 4.69) is 24.3 Å². The maximum Gasteiger partial charge on any atom is 0.271 e. The summed E-state index contributed by atoms with van der Waals surface area (Å²) in [5, 5.41) is 10.4. The third kappa shape index (κ3) is 1.46. The summed E-state index contributed by atoms with van der Waals surface area (Å²) in [5.41, 5.74) is 6.68. The molecular weight excluding hydrogens is 208 g/mol. The lowest BCUT2D eigenvalue weighted by Crippen LogP contribution is -2.46. The predicted octanol–water partition coefficient (Wildman–Crippen LogP) is 1.46. The lowest BCUT2D eigenvalue weighted by atomic mass is 9.97. The summed E-state index contributed by atoms with van der Waals surface area (Å²) in [6.45, 7) is 0. The SMILES string of the molecule is NC(=[NH2+])c1cc2ccccc2c2ccccc12. The van der Waals surface area contributed by atoms with Gasteiger partial charge in [0.1, 0.15) is 0 Å². The van der Waals surface area contributed by atoms with E-state index < -0.39 is 0 Å². The maximum atomic E-state index is 5.77. The van der Waals surface area contributed by atoms with Gasteiger partial charge in [0, 0.05) is 0 Å².